The van der Waals surface area contributed by atoms with Crippen LogP contribution < -0.4 is 5.32 Å². The summed E-state index contributed by atoms with van der Waals surface area (Å²) in [4.78, 5) is 18.9. The number of hydrogen-bond acceptors (Lipinski definition) is 3. The molecule has 0 aliphatic carbocycles. The number of halogens is 1. The molecule has 1 saturated heterocycles. The molecule has 1 fully saturated rings. The van der Waals surface area contributed by atoms with Gasteiger partial charge < -0.3 is 10.2 Å². The van der Waals surface area contributed by atoms with Gasteiger partial charge in [-0.05, 0) is 32.0 Å². The molecule has 2 heterocycles. The van der Waals surface area contributed by atoms with Crippen LogP contribution in [0.25, 0.3) is 10.9 Å². The number of amides is 1. The minimum absolute atomic E-state index is 0.000394. The standard InChI is InChI=1S/C16H18FN3O/c1-10-9-20(6-5-18-10)16(21)14-7-12-3-4-13(17)8-15(12)19-11(14)2/h3-4,7-8,10,18H,5-6,9H2,1-2H3/t10-/m1/s1. The van der Waals surface area contributed by atoms with Crippen LogP contribution in [-0.2, 0) is 0 Å². The largest absolute Gasteiger partial charge is 0.336 e. The van der Waals surface area contributed by atoms with Crippen molar-refractivity contribution in [1.29, 1.82) is 0 Å². The van der Waals surface area contributed by atoms with Crippen LogP contribution in [-0.4, -0.2) is 41.5 Å². The van der Waals surface area contributed by atoms with Gasteiger partial charge >= 0.3 is 0 Å². The van der Waals surface area contributed by atoms with Crippen LogP contribution in [0, 0.1) is 12.7 Å². The van der Waals surface area contributed by atoms with Gasteiger partial charge in [0.1, 0.15) is 5.82 Å². The number of hydrogen-bond donors (Lipinski definition) is 1. The fraction of sp³-hybridized carbons (Fsp3) is 0.375. The summed E-state index contributed by atoms with van der Waals surface area (Å²) in [5.41, 5.74) is 1.82. The van der Waals surface area contributed by atoms with E-state index in [0.29, 0.717) is 35.9 Å². The maximum Gasteiger partial charge on any atom is 0.255 e. The van der Waals surface area contributed by atoms with Crippen LogP contribution in [0.2, 0.25) is 0 Å². The molecule has 1 amide bonds. The lowest BCUT2D eigenvalue weighted by Crippen LogP contribution is -2.51. The highest BCUT2D eigenvalue weighted by atomic mass is 19.1. The molecular formula is C16H18FN3O. The third kappa shape index (κ3) is 2.74. The van der Waals surface area contributed by atoms with Gasteiger partial charge in [0.15, 0.2) is 0 Å². The molecule has 0 spiro atoms. The van der Waals surface area contributed by atoms with Gasteiger partial charge in [0.25, 0.3) is 5.91 Å². The van der Waals surface area contributed by atoms with Crippen molar-refractivity contribution in [3.05, 3.63) is 41.3 Å². The zero-order valence-corrected chi connectivity index (χ0v) is 12.2. The van der Waals surface area contributed by atoms with Gasteiger partial charge in [-0.2, -0.15) is 0 Å². The van der Waals surface area contributed by atoms with Crippen molar-refractivity contribution in [2.45, 2.75) is 19.9 Å². The predicted octanol–water partition coefficient (Wildman–Crippen LogP) is 2.12. The Morgan fingerprint density at radius 2 is 2.24 bits per heavy atom. The Kier molecular flexibility index (Phi) is 3.59. The van der Waals surface area contributed by atoms with Crippen molar-refractivity contribution in [2.75, 3.05) is 19.6 Å². The molecule has 2 aromatic rings. The lowest BCUT2D eigenvalue weighted by molar-refractivity contribution is 0.0708. The van der Waals surface area contributed by atoms with Crippen LogP contribution >= 0.6 is 0 Å². The number of benzene rings is 1. The Hall–Kier alpha value is -2.01. The average molecular weight is 287 g/mol. The maximum absolute atomic E-state index is 13.2. The van der Waals surface area contributed by atoms with E-state index in [4.69, 9.17) is 0 Å². The second-order valence-corrected chi connectivity index (χ2v) is 5.56. The van der Waals surface area contributed by atoms with Gasteiger partial charge in [-0.3, -0.25) is 9.78 Å². The maximum atomic E-state index is 13.2. The first kappa shape index (κ1) is 13.9. The topological polar surface area (TPSA) is 45.2 Å². The van der Waals surface area contributed by atoms with Gasteiger partial charge in [0.05, 0.1) is 16.8 Å². The smallest absolute Gasteiger partial charge is 0.255 e. The van der Waals surface area contributed by atoms with E-state index in [-0.39, 0.29) is 11.7 Å². The van der Waals surface area contributed by atoms with Crippen LogP contribution in [0.5, 0.6) is 0 Å². The molecule has 0 radical (unpaired) electrons. The Morgan fingerprint density at radius 1 is 1.43 bits per heavy atom. The highest BCUT2D eigenvalue weighted by Gasteiger charge is 2.23. The van der Waals surface area contributed by atoms with Crippen molar-refractivity contribution in [3.8, 4) is 0 Å². The van der Waals surface area contributed by atoms with Crippen LogP contribution in [0.3, 0.4) is 0 Å². The monoisotopic (exact) mass is 287 g/mol. The minimum atomic E-state index is -0.315. The second kappa shape index (κ2) is 5.41. The average Bonchev–Trinajstić information content (AvgIpc) is 2.45. The minimum Gasteiger partial charge on any atom is -0.336 e. The van der Waals surface area contributed by atoms with E-state index in [0.717, 1.165) is 11.9 Å². The van der Waals surface area contributed by atoms with Gasteiger partial charge in [0.2, 0.25) is 0 Å². The van der Waals surface area contributed by atoms with E-state index in [9.17, 15) is 9.18 Å². The molecule has 1 aliphatic rings. The van der Waals surface area contributed by atoms with Gasteiger partial charge in [0, 0.05) is 37.1 Å². The summed E-state index contributed by atoms with van der Waals surface area (Å²) in [6.45, 7) is 6.05. The molecule has 3 rings (SSSR count). The highest BCUT2D eigenvalue weighted by molar-refractivity contribution is 5.98. The Labute approximate surface area is 123 Å². The number of piperazine rings is 1. The lowest BCUT2D eigenvalue weighted by atomic mass is 10.1. The first-order valence-electron chi connectivity index (χ1n) is 7.14. The van der Waals surface area contributed by atoms with Crippen molar-refractivity contribution < 1.29 is 9.18 Å². The number of aryl methyl sites for hydroxylation is 1. The molecule has 1 aromatic carbocycles. The summed E-state index contributed by atoms with van der Waals surface area (Å²) in [6, 6.07) is 6.55. The number of nitrogens with one attached hydrogen (secondary N) is 1. The zero-order valence-electron chi connectivity index (χ0n) is 12.2. The lowest BCUT2D eigenvalue weighted by Gasteiger charge is -2.32. The summed E-state index contributed by atoms with van der Waals surface area (Å²) in [5, 5.41) is 4.10. The number of carbonyl (C=O) groups excluding carboxylic acids is 1. The number of fused-ring (bicyclic) bond motifs is 1. The molecule has 21 heavy (non-hydrogen) atoms. The van der Waals surface area contributed by atoms with E-state index in [1.54, 1.807) is 13.0 Å². The molecular weight excluding hydrogens is 269 g/mol. The van der Waals surface area contributed by atoms with Crippen molar-refractivity contribution >= 4 is 16.8 Å². The van der Waals surface area contributed by atoms with Crippen molar-refractivity contribution in [3.63, 3.8) is 0 Å². The van der Waals surface area contributed by atoms with E-state index in [1.165, 1.54) is 12.1 Å². The number of nitrogens with zero attached hydrogens (tertiary/aromatic N) is 2. The number of rotatable bonds is 1. The molecule has 1 N–H and O–H groups in total. The van der Waals surface area contributed by atoms with E-state index in [2.05, 4.69) is 17.2 Å². The van der Waals surface area contributed by atoms with Crippen LogP contribution in [0.1, 0.15) is 23.0 Å². The van der Waals surface area contributed by atoms with Gasteiger partial charge in [-0.15, -0.1) is 0 Å². The normalized spacial score (nSPS) is 19.0. The van der Waals surface area contributed by atoms with Gasteiger partial charge in [-0.1, -0.05) is 0 Å². The summed E-state index contributed by atoms with van der Waals surface area (Å²) in [6.07, 6.45) is 0. The summed E-state index contributed by atoms with van der Waals surface area (Å²) in [5.74, 6) is -0.316. The molecule has 0 bridgehead atoms. The van der Waals surface area contributed by atoms with E-state index in [1.807, 2.05) is 11.0 Å². The molecule has 110 valence electrons. The quantitative estimate of drug-likeness (QED) is 0.874. The van der Waals surface area contributed by atoms with Crippen molar-refractivity contribution in [1.82, 2.24) is 15.2 Å². The summed E-state index contributed by atoms with van der Waals surface area (Å²) >= 11 is 0. The molecule has 0 unspecified atom stereocenters. The Morgan fingerprint density at radius 3 is 3.00 bits per heavy atom. The fourth-order valence-electron chi connectivity index (χ4n) is 2.74. The molecule has 5 heteroatoms. The number of aromatic nitrogens is 1. The number of pyridine rings is 1. The SMILES string of the molecule is Cc1nc2cc(F)ccc2cc1C(=O)N1CCN[C@H](C)C1. The van der Waals surface area contributed by atoms with E-state index < -0.39 is 0 Å². The van der Waals surface area contributed by atoms with Crippen LogP contribution in [0.15, 0.2) is 24.3 Å². The van der Waals surface area contributed by atoms with Gasteiger partial charge in [-0.25, -0.2) is 4.39 Å². The molecule has 1 atom stereocenters. The molecule has 1 aromatic heterocycles. The first-order valence-corrected chi connectivity index (χ1v) is 7.14. The predicted molar refractivity (Wildman–Crippen MR) is 79.8 cm³/mol. The third-order valence-electron chi connectivity index (χ3n) is 3.86. The molecule has 1 aliphatic heterocycles. The van der Waals surface area contributed by atoms with Crippen molar-refractivity contribution in [2.24, 2.45) is 0 Å². The van der Waals surface area contributed by atoms with E-state index >= 15 is 0 Å². The number of carbonyl (C=O) groups is 1. The Bertz CT molecular complexity index is 701. The third-order valence-corrected chi connectivity index (χ3v) is 3.86. The summed E-state index contributed by atoms with van der Waals surface area (Å²) in [7, 11) is 0. The second-order valence-electron chi connectivity index (χ2n) is 5.56. The molecule has 0 saturated carbocycles. The molecule has 4 nitrogen and oxygen atoms in total. The summed E-state index contributed by atoms with van der Waals surface area (Å²) < 4.78 is 13.2. The zero-order chi connectivity index (χ0) is 15.0. The highest BCUT2D eigenvalue weighted by Crippen LogP contribution is 2.19. The van der Waals surface area contributed by atoms with Crippen LogP contribution in [0.4, 0.5) is 4.39 Å². The Balaban J connectivity index is 1.97. The fourth-order valence-corrected chi connectivity index (χ4v) is 2.74. The first-order chi connectivity index (χ1) is 10.0.